The van der Waals surface area contributed by atoms with Gasteiger partial charge in [-0.2, -0.15) is 5.10 Å². The maximum atomic E-state index is 14.6. The molecule has 3 amide bonds. The van der Waals surface area contributed by atoms with E-state index in [9.17, 15) is 37.1 Å². The van der Waals surface area contributed by atoms with E-state index in [-0.39, 0.29) is 78.1 Å². The number of aromatic amines is 1. The number of sulfone groups is 1. The largest absolute Gasteiger partial charge is 0.492 e. The highest BCUT2D eigenvalue weighted by molar-refractivity contribution is 7.92. The number of halogens is 1. The van der Waals surface area contributed by atoms with E-state index in [1.54, 1.807) is 78.8 Å². The molecule has 88 heavy (non-hydrogen) atoms. The lowest BCUT2D eigenvalue weighted by Crippen LogP contribution is -2.64. The Balaban J connectivity index is 0.00000301. The molecule has 0 unspecified atom stereocenters. The average molecular weight is 1230 g/mol. The van der Waals surface area contributed by atoms with Gasteiger partial charge in [0.1, 0.15) is 28.6 Å². The van der Waals surface area contributed by atoms with Crippen molar-refractivity contribution in [3.63, 3.8) is 0 Å². The van der Waals surface area contributed by atoms with Crippen LogP contribution in [-0.4, -0.2) is 205 Å². The van der Waals surface area contributed by atoms with E-state index in [0.717, 1.165) is 22.5 Å². The molecular formula is C63H86FN15O8S. The van der Waals surface area contributed by atoms with Gasteiger partial charge < -0.3 is 39.3 Å². The van der Waals surface area contributed by atoms with Crippen LogP contribution >= 0.6 is 0 Å². The number of nitrogens with zero attached hydrogens (tertiary/aromatic N) is 13. The molecule has 0 aliphatic carbocycles. The van der Waals surface area contributed by atoms with Crippen LogP contribution in [-0.2, 0) is 33.5 Å². The number of nitrogens with one attached hydrogen (secondary N) is 2. The summed E-state index contributed by atoms with van der Waals surface area (Å²) in [6, 6.07) is 10.5. The predicted octanol–water partition coefficient (Wildman–Crippen LogP) is 7.03. The standard InChI is InChI=1S/C60H78FN15O8S.C3H8/c1-37-30-73(22-21-72(37)32-45-33-75(58(80)81)38(2)31-74(45)34-51(77)76-35-60(8,9)52-48(76)25-42(55(78)69(52)10)24-41-12-14-44(61)15-13-41)57-62-28-43(29-63-57)56(79)71-19-17-70(18-20-71)16-11-23-84-49-27-47-46(26-50(49)85(82,83)59(5,6)7)54(65-36-64-47)66-53-39(3)40(4)67-68-53;1-3-2/h12-15,25-29,36-38,45H,11,16-24,30-35H2,1-10H3,(H,80,81)(H2,64,65,66,67,68);3H2,1-2H3/t37-,38-,45+;/m1./s1. The van der Waals surface area contributed by atoms with E-state index in [0.29, 0.717) is 124 Å². The summed E-state index contributed by atoms with van der Waals surface area (Å²) in [7, 11) is -2.13. The van der Waals surface area contributed by atoms with Crippen LogP contribution in [0, 0.1) is 19.7 Å². The number of benzene rings is 2. The maximum Gasteiger partial charge on any atom is 0.407 e. The molecule has 0 radical (unpaired) electrons. The number of carbonyl (C=O) groups is 3. The zero-order valence-corrected chi connectivity index (χ0v) is 53.7. The molecule has 8 heterocycles. The van der Waals surface area contributed by atoms with Crippen LogP contribution in [0.5, 0.6) is 5.75 Å². The molecular weight excluding hydrogens is 1150 g/mol. The normalized spacial score (nSPS) is 19.4. The van der Waals surface area contributed by atoms with Gasteiger partial charge in [-0.25, -0.2) is 37.5 Å². The number of rotatable bonds is 16. The molecule has 23 nitrogen and oxygen atoms in total. The van der Waals surface area contributed by atoms with Crippen molar-refractivity contribution < 1.29 is 37.0 Å². The number of ether oxygens (including phenoxy) is 1. The number of carboxylic acid groups (broad SMARTS) is 1. The number of H-pyrrole nitrogens is 1. The quantitative estimate of drug-likeness (QED) is 0.0822. The Hall–Kier alpha value is -7.61. The minimum Gasteiger partial charge on any atom is -0.492 e. The minimum atomic E-state index is -3.86. The lowest BCUT2D eigenvalue weighted by atomic mass is 9.90. The molecule has 25 heteroatoms. The zero-order valence-electron chi connectivity index (χ0n) is 52.9. The second kappa shape index (κ2) is 26.6. The Labute approximate surface area is 515 Å². The molecule has 2 aromatic carbocycles. The fraction of sp³-hybridized carbons (Fsp3) is 0.540. The fourth-order valence-corrected chi connectivity index (χ4v) is 13.5. The SMILES string of the molecule is CCC.Cc1[nH]nc(Nc2ncnc3cc(OCCCN4CCN(C(=O)c5cnc(N6CCN(C[C@H]7CN(C(=O)O)[C@H](C)CN7CC(=O)N7CC(C)(C)c8c7cc(Cc7ccc(F)cc7)c(=O)n8C)[C@H](C)C6)nc5)CC4)c(S(=O)(=O)C(C)(C)C)cc23)c1C. The first-order valence-electron chi connectivity index (χ1n) is 30.5. The van der Waals surface area contributed by atoms with Crippen LogP contribution in [0.15, 0.2) is 70.9 Å². The van der Waals surface area contributed by atoms with E-state index >= 15 is 0 Å². The van der Waals surface area contributed by atoms with Gasteiger partial charge in [-0.1, -0.05) is 46.2 Å². The molecule has 4 aromatic heterocycles. The summed E-state index contributed by atoms with van der Waals surface area (Å²) < 4.78 is 48.5. The Morgan fingerprint density at radius 1 is 0.886 bits per heavy atom. The number of anilines is 4. The fourth-order valence-electron chi connectivity index (χ4n) is 12.2. The third-order valence-corrected chi connectivity index (χ3v) is 19.8. The van der Waals surface area contributed by atoms with Gasteiger partial charge in [0.15, 0.2) is 15.7 Å². The van der Waals surface area contributed by atoms with Gasteiger partial charge in [-0.3, -0.25) is 34.2 Å². The van der Waals surface area contributed by atoms with Gasteiger partial charge in [-0.05, 0) is 84.7 Å². The smallest absolute Gasteiger partial charge is 0.407 e. The second-order valence-corrected chi connectivity index (χ2v) is 28.2. The Morgan fingerprint density at radius 3 is 2.22 bits per heavy atom. The molecule has 6 aromatic rings. The van der Waals surface area contributed by atoms with Crippen LogP contribution < -0.4 is 25.4 Å². The first kappa shape index (κ1) is 64.9. The van der Waals surface area contributed by atoms with Gasteiger partial charge in [0.25, 0.3) is 11.5 Å². The first-order valence-corrected chi connectivity index (χ1v) is 32.0. The van der Waals surface area contributed by atoms with E-state index in [4.69, 9.17) is 4.74 Å². The summed E-state index contributed by atoms with van der Waals surface area (Å²) in [4.78, 5) is 86.7. The summed E-state index contributed by atoms with van der Waals surface area (Å²) in [6.07, 6.45) is 5.73. The number of hydrogen-bond donors (Lipinski definition) is 3. The van der Waals surface area contributed by atoms with Crippen LogP contribution in [0.1, 0.15) is 114 Å². The highest BCUT2D eigenvalue weighted by atomic mass is 32.2. The molecule has 474 valence electrons. The summed E-state index contributed by atoms with van der Waals surface area (Å²) >= 11 is 0. The third kappa shape index (κ3) is 14.0. The van der Waals surface area contributed by atoms with Gasteiger partial charge in [0.2, 0.25) is 11.9 Å². The highest BCUT2D eigenvalue weighted by Crippen LogP contribution is 2.41. The van der Waals surface area contributed by atoms with Crippen molar-refractivity contribution in [1.82, 2.24) is 59.2 Å². The summed E-state index contributed by atoms with van der Waals surface area (Å²) in [6.45, 7) is 27.7. The van der Waals surface area contributed by atoms with E-state index in [2.05, 4.69) is 75.8 Å². The van der Waals surface area contributed by atoms with Crippen molar-refractivity contribution in [3.8, 4) is 5.75 Å². The monoisotopic (exact) mass is 1230 g/mol. The molecule has 4 aliphatic heterocycles. The van der Waals surface area contributed by atoms with Gasteiger partial charge in [-0.15, -0.1) is 0 Å². The topological polar surface area (TPSA) is 252 Å². The second-order valence-electron chi connectivity index (χ2n) is 25.5. The number of aryl methyl sites for hydroxylation is 1. The number of carbonyl (C=O) groups excluding carboxylic acids is 2. The van der Waals surface area contributed by atoms with Crippen LogP contribution in [0.3, 0.4) is 0 Å². The summed E-state index contributed by atoms with van der Waals surface area (Å²) in [5.41, 5.74) is 4.76. The summed E-state index contributed by atoms with van der Waals surface area (Å²) in [5.74, 6) is 1.09. The zero-order chi connectivity index (χ0) is 63.6. The van der Waals surface area contributed by atoms with Crippen molar-refractivity contribution >= 4 is 61.9 Å². The molecule has 3 saturated heterocycles. The number of fused-ring (bicyclic) bond motifs is 2. The van der Waals surface area contributed by atoms with Gasteiger partial charge in [0, 0.05) is 156 Å². The van der Waals surface area contributed by atoms with Crippen molar-refractivity contribution in [3.05, 3.63) is 111 Å². The number of amides is 3. The number of pyridine rings is 1. The Morgan fingerprint density at radius 2 is 1.58 bits per heavy atom. The molecule has 10 rings (SSSR count). The number of piperazine rings is 3. The summed E-state index contributed by atoms with van der Waals surface area (Å²) in [5, 5.41) is 21.3. The number of aromatic nitrogens is 7. The maximum absolute atomic E-state index is 14.6. The highest BCUT2D eigenvalue weighted by Gasteiger charge is 2.44. The first-order chi connectivity index (χ1) is 41.7. The number of hydrogen-bond acceptors (Lipinski definition) is 17. The third-order valence-electron chi connectivity index (χ3n) is 17.3. The van der Waals surface area contributed by atoms with Gasteiger partial charge >= 0.3 is 6.09 Å². The molecule has 0 bridgehead atoms. The molecule has 0 spiro atoms. The van der Waals surface area contributed by atoms with Crippen molar-refractivity contribution in [2.45, 2.75) is 129 Å². The molecule has 3 N–H and O–H groups in total. The molecule has 4 aliphatic rings. The van der Waals surface area contributed by atoms with E-state index in [1.165, 1.54) is 29.8 Å². The Kier molecular flexibility index (Phi) is 19.6. The van der Waals surface area contributed by atoms with Crippen LogP contribution in [0.2, 0.25) is 0 Å². The van der Waals surface area contributed by atoms with Crippen LogP contribution in [0.4, 0.5) is 32.5 Å². The van der Waals surface area contributed by atoms with Crippen molar-refractivity contribution in [2.24, 2.45) is 7.05 Å². The minimum absolute atomic E-state index is 0.0126. The molecule has 0 saturated carbocycles. The van der Waals surface area contributed by atoms with Gasteiger partial charge in [0.05, 0.1) is 40.4 Å². The van der Waals surface area contributed by atoms with E-state index < -0.39 is 26.1 Å². The molecule has 3 fully saturated rings. The van der Waals surface area contributed by atoms with Crippen LogP contribution in [0.25, 0.3) is 10.9 Å². The van der Waals surface area contributed by atoms with Crippen molar-refractivity contribution in [1.29, 1.82) is 0 Å². The van der Waals surface area contributed by atoms with E-state index in [1.807, 2.05) is 40.7 Å². The molecule has 3 atom stereocenters. The lowest BCUT2D eigenvalue weighted by molar-refractivity contribution is -0.121. The predicted molar refractivity (Wildman–Crippen MR) is 337 cm³/mol. The van der Waals surface area contributed by atoms with Crippen molar-refractivity contribution in [2.75, 3.05) is 107 Å². The lowest BCUT2D eigenvalue weighted by Gasteiger charge is -2.48. The average Bonchev–Trinajstić information content (AvgIpc) is 2.34. The Bertz CT molecular complexity index is 3680.